The van der Waals surface area contributed by atoms with Crippen molar-refractivity contribution in [3.05, 3.63) is 58.1 Å². The lowest BCUT2D eigenvalue weighted by Gasteiger charge is -2.21. The molecule has 3 aromatic rings. The maximum atomic E-state index is 12.8. The van der Waals surface area contributed by atoms with Crippen molar-refractivity contribution in [1.82, 2.24) is 14.5 Å². The number of carbonyl (C=O) groups is 1. The number of nitrogens with one attached hydrogen (secondary N) is 1. The zero-order chi connectivity index (χ0) is 23.3. The number of aromatic nitrogens is 2. The molecule has 0 spiro atoms. The lowest BCUT2D eigenvalue weighted by Crippen LogP contribution is -2.32. The second-order valence-electron chi connectivity index (χ2n) is 6.92. The van der Waals surface area contributed by atoms with E-state index in [9.17, 15) is 13.2 Å². The average molecular weight is 497 g/mol. The first-order valence-electron chi connectivity index (χ1n) is 9.96. The van der Waals surface area contributed by atoms with Gasteiger partial charge in [0, 0.05) is 23.7 Å². The molecule has 170 valence electrons. The van der Waals surface area contributed by atoms with Crippen LogP contribution in [0.15, 0.2) is 51.8 Å². The highest BCUT2D eigenvalue weighted by Gasteiger charge is 2.23. The Morgan fingerprint density at radius 1 is 1.03 bits per heavy atom. The van der Waals surface area contributed by atoms with Crippen LogP contribution in [-0.4, -0.2) is 41.9 Å². The zero-order valence-corrected chi connectivity index (χ0v) is 19.8. The fraction of sp³-hybridized carbons (Fsp3) is 0.286. The predicted molar refractivity (Wildman–Crippen MR) is 123 cm³/mol. The quantitative estimate of drug-likeness (QED) is 0.441. The molecule has 0 atom stereocenters. The molecule has 0 aliphatic rings. The van der Waals surface area contributed by atoms with Crippen molar-refractivity contribution in [3.8, 4) is 11.5 Å². The third-order valence-corrected chi connectivity index (χ3v) is 6.97. The number of carbonyl (C=O) groups excluding carboxylic acids is 1. The van der Waals surface area contributed by atoms with E-state index < -0.39 is 15.9 Å². The molecule has 0 saturated heterocycles. The van der Waals surface area contributed by atoms with Crippen LogP contribution in [0, 0.1) is 0 Å². The number of amides is 1. The number of sulfonamides is 1. The van der Waals surface area contributed by atoms with E-state index >= 15 is 0 Å². The van der Waals surface area contributed by atoms with Crippen molar-refractivity contribution in [2.75, 3.05) is 18.4 Å². The number of hydrogen-bond acceptors (Lipinski definition) is 6. The largest absolute Gasteiger partial charge is 0.403 e. The Labute approximate surface area is 196 Å². The minimum absolute atomic E-state index is 0.121. The van der Waals surface area contributed by atoms with E-state index in [1.165, 1.54) is 28.6 Å². The fourth-order valence-corrected chi connectivity index (χ4v) is 5.11. The molecule has 0 aliphatic carbocycles. The highest BCUT2D eigenvalue weighted by atomic mass is 35.5. The first-order chi connectivity index (χ1) is 15.3. The molecule has 0 aliphatic heterocycles. The summed E-state index contributed by atoms with van der Waals surface area (Å²) in [6, 6.07) is 10.4. The van der Waals surface area contributed by atoms with Crippen molar-refractivity contribution in [1.29, 1.82) is 0 Å². The number of halogens is 2. The molecule has 1 heterocycles. The fourth-order valence-electron chi connectivity index (χ4n) is 2.99. The summed E-state index contributed by atoms with van der Waals surface area (Å²) in [5.41, 5.74) is 0.716. The van der Waals surface area contributed by atoms with Crippen LogP contribution in [0.25, 0.3) is 11.5 Å². The van der Waals surface area contributed by atoms with E-state index in [-0.39, 0.29) is 22.4 Å². The van der Waals surface area contributed by atoms with Gasteiger partial charge in [0.05, 0.1) is 15.5 Å². The summed E-state index contributed by atoms with van der Waals surface area (Å²) in [6.45, 7) is 4.73. The van der Waals surface area contributed by atoms with Crippen molar-refractivity contribution in [2.24, 2.45) is 0 Å². The molecule has 1 N–H and O–H groups in total. The molecule has 0 unspecified atom stereocenters. The predicted octanol–water partition coefficient (Wildman–Crippen LogP) is 5.11. The molecule has 1 aromatic heterocycles. The van der Waals surface area contributed by atoms with Gasteiger partial charge in [-0.05, 0) is 55.3 Å². The van der Waals surface area contributed by atoms with Gasteiger partial charge in [-0.15, -0.1) is 5.10 Å². The summed E-state index contributed by atoms with van der Waals surface area (Å²) in [7, 11) is -3.62. The zero-order valence-electron chi connectivity index (χ0n) is 17.5. The Hall–Kier alpha value is -2.46. The van der Waals surface area contributed by atoms with Gasteiger partial charge in [-0.3, -0.25) is 10.1 Å². The maximum absolute atomic E-state index is 12.8. The van der Waals surface area contributed by atoms with E-state index in [1.807, 2.05) is 13.8 Å². The van der Waals surface area contributed by atoms with Gasteiger partial charge in [0.2, 0.25) is 10.0 Å². The van der Waals surface area contributed by atoms with Crippen LogP contribution < -0.4 is 5.32 Å². The molecule has 2 aromatic carbocycles. The first-order valence-corrected chi connectivity index (χ1v) is 12.2. The highest BCUT2D eigenvalue weighted by molar-refractivity contribution is 7.89. The van der Waals surface area contributed by atoms with Gasteiger partial charge in [-0.1, -0.05) is 42.1 Å². The standard InChI is InChI=1S/C21H22Cl2N4O4S/c1-3-11-27(12-4-2)32(29,30)16-8-5-14(6-9-16)19(28)24-21-26-25-20(31-21)17-10-7-15(22)13-18(17)23/h5-10,13H,3-4,11-12H2,1-2H3,(H,24,26,28). The molecular formula is C21H22Cl2N4O4S. The molecule has 11 heteroatoms. The lowest BCUT2D eigenvalue weighted by atomic mass is 10.2. The second-order valence-corrected chi connectivity index (χ2v) is 9.70. The van der Waals surface area contributed by atoms with Crippen LogP contribution in [0.4, 0.5) is 6.01 Å². The van der Waals surface area contributed by atoms with Crippen LogP contribution in [0.3, 0.4) is 0 Å². The normalized spacial score (nSPS) is 11.7. The molecule has 1 amide bonds. The van der Waals surface area contributed by atoms with Crippen molar-refractivity contribution < 1.29 is 17.6 Å². The summed E-state index contributed by atoms with van der Waals surface area (Å²) in [4.78, 5) is 12.7. The summed E-state index contributed by atoms with van der Waals surface area (Å²) >= 11 is 12.0. The number of anilines is 1. The van der Waals surface area contributed by atoms with Crippen LogP contribution in [-0.2, 0) is 10.0 Å². The topological polar surface area (TPSA) is 105 Å². The van der Waals surface area contributed by atoms with Crippen molar-refractivity contribution in [3.63, 3.8) is 0 Å². The molecular weight excluding hydrogens is 475 g/mol. The van der Waals surface area contributed by atoms with E-state index in [2.05, 4.69) is 15.5 Å². The van der Waals surface area contributed by atoms with Gasteiger partial charge in [-0.2, -0.15) is 4.31 Å². The number of rotatable bonds is 9. The smallest absolute Gasteiger partial charge is 0.322 e. The van der Waals surface area contributed by atoms with Gasteiger partial charge in [0.15, 0.2) is 0 Å². The minimum atomic E-state index is -3.62. The Bertz CT molecular complexity index is 1190. The summed E-state index contributed by atoms with van der Waals surface area (Å²) < 4.78 is 32.6. The summed E-state index contributed by atoms with van der Waals surface area (Å²) in [5.74, 6) is -0.402. The molecule has 0 bridgehead atoms. The Morgan fingerprint density at radius 3 is 2.28 bits per heavy atom. The Kier molecular flexibility index (Phi) is 7.89. The monoisotopic (exact) mass is 496 g/mol. The van der Waals surface area contributed by atoms with Crippen LogP contribution in [0.5, 0.6) is 0 Å². The van der Waals surface area contributed by atoms with Gasteiger partial charge in [0.1, 0.15) is 0 Å². The molecule has 8 nitrogen and oxygen atoms in total. The van der Waals surface area contributed by atoms with E-state index in [0.29, 0.717) is 41.5 Å². The third-order valence-electron chi connectivity index (χ3n) is 4.51. The Balaban J connectivity index is 1.73. The molecule has 32 heavy (non-hydrogen) atoms. The Morgan fingerprint density at radius 2 is 1.69 bits per heavy atom. The molecule has 3 rings (SSSR count). The lowest BCUT2D eigenvalue weighted by molar-refractivity contribution is 0.102. The molecule has 0 radical (unpaired) electrons. The van der Waals surface area contributed by atoms with Gasteiger partial charge < -0.3 is 4.42 Å². The van der Waals surface area contributed by atoms with Crippen LogP contribution >= 0.6 is 23.2 Å². The van der Waals surface area contributed by atoms with Gasteiger partial charge >= 0.3 is 6.01 Å². The summed E-state index contributed by atoms with van der Waals surface area (Å²) in [5, 5.41) is 11.0. The van der Waals surface area contributed by atoms with E-state index in [1.54, 1.807) is 18.2 Å². The van der Waals surface area contributed by atoms with Crippen molar-refractivity contribution >= 4 is 45.1 Å². The van der Waals surface area contributed by atoms with E-state index in [4.69, 9.17) is 27.6 Å². The first kappa shape index (κ1) is 24.2. The molecule has 0 saturated carbocycles. The highest BCUT2D eigenvalue weighted by Crippen LogP contribution is 2.30. The van der Waals surface area contributed by atoms with Crippen molar-refractivity contribution in [2.45, 2.75) is 31.6 Å². The number of benzene rings is 2. The third kappa shape index (κ3) is 5.47. The summed E-state index contributed by atoms with van der Waals surface area (Å²) in [6.07, 6.45) is 1.43. The average Bonchev–Trinajstić information content (AvgIpc) is 3.21. The van der Waals surface area contributed by atoms with Gasteiger partial charge in [-0.25, -0.2) is 8.42 Å². The van der Waals surface area contributed by atoms with Crippen LogP contribution in [0.1, 0.15) is 37.0 Å². The minimum Gasteiger partial charge on any atom is -0.403 e. The second kappa shape index (κ2) is 10.4. The maximum Gasteiger partial charge on any atom is 0.322 e. The van der Waals surface area contributed by atoms with E-state index in [0.717, 1.165) is 0 Å². The SMILES string of the molecule is CCCN(CCC)S(=O)(=O)c1ccc(C(=O)Nc2nnc(-c3ccc(Cl)cc3Cl)o2)cc1. The number of hydrogen-bond donors (Lipinski definition) is 1. The van der Waals surface area contributed by atoms with Crippen LogP contribution in [0.2, 0.25) is 10.0 Å². The van der Waals surface area contributed by atoms with Gasteiger partial charge in [0.25, 0.3) is 11.8 Å². The molecule has 0 fully saturated rings. The number of nitrogens with zero attached hydrogens (tertiary/aromatic N) is 3.